The third-order valence-corrected chi connectivity index (χ3v) is 10.9. The molecule has 0 N–H and O–H groups in total. The Kier molecular flexibility index (Phi) is 7.36. The molecule has 0 amide bonds. The molecule has 0 saturated heterocycles. The lowest BCUT2D eigenvalue weighted by Crippen LogP contribution is -2.00. The minimum Gasteiger partial charge on any atom is -0.436 e. The lowest BCUT2D eigenvalue weighted by Gasteiger charge is -2.11. The van der Waals surface area contributed by atoms with Crippen LogP contribution in [0.4, 0.5) is 0 Å². The minimum atomic E-state index is 0.555. The molecule has 4 aromatic heterocycles. The van der Waals surface area contributed by atoms with Crippen LogP contribution in [0.15, 0.2) is 191 Å². The van der Waals surface area contributed by atoms with Crippen molar-refractivity contribution in [2.75, 3.05) is 0 Å². The molecule has 0 aliphatic heterocycles. The first-order chi connectivity index (χ1) is 29.2. The Morgan fingerprint density at radius 1 is 0.339 bits per heavy atom. The third-order valence-electron chi connectivity index (χ3n) is 10.9. The molecule has 0 radical (unpaired) electrons. The van der Waals surface area contributed by atoms with Crippen LogP contribution in [0.3, 0.4) is 0 Å². The van der Waals surface area contributed by atoms with Crippen molar-refractivity contribution < 1.29 is 8.83 Å². The molecule has 0 aliphatic rings. The summed E-state index contributed by atoms with van der Waals surface area (Å²) in [6.45, 7) is 0. The second-order valence-corrected chi connectivity index (χ2v) is 14.6. The maximum Gasteiger partial charge on any atom is 0.227 e. The highest BCUT2D eigenvalue weighted by Gasteiger charge is 2.17. The summed E-state index contributed by atoms with van der Waals surface area (Å²) in [7, 11) is 0. The number of hydrogen-bond acceptors (Lipinski definition) is 7. The number of oxazole rings is 2. The van der Waals surface area contributed by atoms with Gasteiger partial charge in [-0.25, -0.2) is 24.9 Å². The van der Waals surface area contributed by atoms with E-state index in [4.69, 9.17) is 23.8 Å². The minimum absolute atomic E-state index is 0.555. The van der Waals surface area contributed by atoms with Gasteiger partial charge in [-0.1, -0.05) is 103 Å². The summed E-state index contributed by atoms with van der Waals surface area (Å²) in [5.41, 5.74) is 10.9. The number of para-hydroxylation sites is 6. The quantitative estimate of drug-likeness (QED) is 0.167. The maximum absolute atomic E-state index is 6.05. The molecule has 0 fully saturated rings. The van der Waals surface area contributed by atoms with Crippen LogP contribution < -0.4 is 0 Å². The normalized spacial score (nSPS) is 11.7. The number of fused-ring (bicyclic) bond motifs is 6. The molecule has 0 unspecified atom stereocenters. The fraction of sp³-hybridized carbons (Fsp3) is 0. The third kappa shape index (κ3) is 5.65. The smallest absolute Gasteiger partial charge is 0.227 e. The molecule has 0 spiro atoms. The van der Waals surface area contributed by atoms with Gasteiger partial charge in [-0.3, -0.25) is 0 Å². The van der Waals surface area contributed by atoms with E-state index in [1.165, 1.54) is 21.8 Å². The zero-order valence-electron chi connectivity index (χ0n) is 31.3. The summed E-state index contributed by atoms with van der Waals surface area (Å²) in [5.74, 6) is 2.81. The second-order valence-electron chi connectivity index (χ2n) is 14.6. The van der Waals surface area contributed by atoms with Crippen molar-refractivity contribution in [2.24, 2.45) is 0 Å². The molecule has 276 valence electrons. The van der Waals surface area contributed by atoms with E-state index < -0.39 is 0 Å². The van der Waals surface area contributed by atoms with Gasteiger partial charge in [0, 0.05) is 44.3 Å². The van der Waals surface area contributed by atoms with Crippen LogP contribution in [-0.2, 0) is 0 Å². The van der Waals surface area contributed by atoms with Gasteiger partial charge in [0.2, 0.25) is 11.8 Å². The summed E-state index contributed by atoms with van der Waals surface area (Å²) in [6.07, 6.45) is 0. The number of aromatic nitrogens is 6. The lowest BCUT2D eigenvalue weighted by molar-refractivity contribution is 0.619. The van der Waals surface area contributed by atoms with Crippen molar-refractivity contribution in [2.45, 2.75) is 0 Å². The van der Waals surface area contributed by atoms with Gasteiger partial charge in [0.15, 0.2) is 28.6 Å². The van der Waals surface area contributed by atoms with Gasteiger partial charge in [-0.15, -0.1) is 0 Å². The summed E-state index contributed by atoms with van der Waals surface area (Å²) >= 11 is 0. The van der Waals surface area contributed by atoms with Crippen molar-refractivity contribution in [3.05, 3.63) is 182 Å². The van der Waals surface area contributed by atoms with E-state index in [1.807, 2.05) is 97.1 Å². The highest BCUT2D eigenvalue weighted by atomic mass is 16.4. The summed E-state index contributed by atoms with van der Waals surface area (Å²) < 4.78 is 14.4. The van der Waals surface area contributed by atoms with Crippen LogP contribution in [0.2, 0.25) is 0 Å². The Bertz CT molecular complexity index is 3310. The molecule has 59 heavy (non-hydrogen) atoms. The Morgan fingerprint density at radius 3 is 1.31 bits per heavy atom. The number of hydrogen-bond donors (Lipinski definition) is 0. The van der Waals surface area contributed by atoms with E-state index >= 15 is 0 Å². The summed E-state index contributed by atoms with van der Waals surface area (Å²) in [6, 6.07) is 61.6. The van der Waals surface area contributed by atoms with Gasteiger partial charge < -0.3 is 13.4 Å². The standard InChI is InChI=1S/C51H30N6O2/c1-5-13-43-39(9-1)40-10-2-6-14-44(40)57(43)38-28-27-35-29-37(26-25-36(35)30-38)49-55-47(31-17-21-33(22-18-31)50-52-41-11-3-7-15-45(41)58-50)54-48(56-49)32-19-23-34(24-20-32)51-53-42-12-4-8-16-46(42)59-51/h1-30H. The van der Waals surface area contributed by atoms with Crippen LogP contribution in [0.1, 0.15) is 0 Å². The zero-order chi connectivity index (χ0) is 38.9. The first kappa shape index (κ1) is 33.0. The fourth-order valence-corrected chi connectivity index (χ4v) is 7.99. The highest BCUT2D eigenvalue weighted by Crippen LogP contribution is 2.35. The van der Waals surface area contributed by atoms with Crippen LogP contribution in [0.25, 0.3) is 118 Å². The Morgan fingerprint density at radius 2 is 0.763 bits per heavy atom. The van der Waals surface area contributed by atoms with Crippen molar-refractivity contribution in [3.8, 4) is 62.8 Å². The largest absolute Gasteiger partial charge is 0.436 e. The van der Waals surface area contributed by atoms with E-state index in [0.29, 0.717) is 29.3 Å². The average Bonchev–Trinajstić information content (AvgIpc) is 4.03. The van der Waals surface area contributed by atoms with Gasteiger partial charge in [0.25, 0.3) is 0 Å². The number of nitrogens with zero attached hydrogens (tertiary/aromatic N) is 6. The van der Waals surface area contributed by atoms with Crippen molar-refractivity contribution >= 4 is 54.8 Å². The van der Waals surface area contributed by atoms with E-state index in [0.717, 1.165) is 66.5 Å². The summed E-state index contributed by atoms with van der Waals surface area (Å²) in [4.78, 5) is 24.5. The summed E-state index contributed by atoms with van der Waals surface area (Å²) in [5, 5.41) is 4.68. The van der Waals surface area contributed by atoms with E-state index in [2.05, 4.69) is 99.5 Å². The molecule has 0 saturated carbocycles. The molecule has 12 aromatic rings. The van der Waals surface area contributed by atoms with Gasteiger partial charge in [-0.05, 0) is 89.6 Å². The van der Waals surface area contributed by atoms with Crippen molar-refractivity contribution in [1.29, 1.82) is 0 Å². The van der Waals surface area contributed by atoms with Crippen LogP contribution in [-0.4, -0.2) is 29.5 Å². The maximum atomic E-state index is 6.05. The van der Waals surface area contributed by atoms with Crippen LogP contribution in [0, 0.1) is 0 Å². The molecule has 4 heterocycles. The molecular weight excluding hydrogens is 729 g/mol. The fourth-order valence-electron chi connectivity index (χ4n) is 7.99. The van der Waals surface area contributed by atoms with Crippen LogP contribution in [0.5, 0.6) is 0 Å². The van der Waals surface area contributed by atoms with Crippen LogP contribution >= 0.6 is 0 Å². The predicted molar refractivity (Wildman–Crippen MR) is 234 cm³/mol. The van der Waals surface area contributed by atoms with Gasteiger partial charge >= 0.3 is 0 Å². The first-order valence-electron chi connectivity index (χ1n) is 19.4. The van der Waals surface area contributed by atoms with Crippen molar-refractivity contribution in [1.82, 2.24) is 29.5 Å². The SMILES string of the molecule is c1ccc2oc(-c3ccc(-c4nc(-c5ccc(-c6nc7ccccc7o6)cc5)nc(-c5ccc6cc(-n7c8ccccc8c8ccccc87)ccc6c5)n4)cc3)nc2c1. The highest BCUT2D eigenvalue weighted by molar-refractivity contribution is 6.09. The van der Waals surface area contributed by atoms with Gasteiger partial charge in [0.1, 0.15) is 11.0 Å². The van der Waals surface area contributed by atoms with E-state index in [-0.39, 0.29) is 0 Å². The molecule has 12 rings (SSSR count). The second kappa shape index (κ2) is 13.2. The predicted octanol–water partition coefficient (Wildman–Crippen LogP) is 12.7. The van der Waals surface area contributed by atoms with E-state index in [1.54, 1.807) is 0 Å². The van der Waals surface area contributed by atoms with Crippen molar-refractivity contribution in [3.63, 3.8) is 0 Å². The lowest BCUT2D eigenvalue weighted by atomic mass is 10.0. The molecule has 8 heteroatoms. The Balaban J connectivity index is 0.945. The molecule has 8 aromatic carbocycles. The van der Waals surface area contributed by atoms with Gasteiger partial charge in [-0.2, -0.15) is 0 Å². The average molecular weight is 759 g/mol. The molecule has 0 bridgehead atoms. The van der Waals surface area contributed by atoms with Gasteiger partial charge in [0.05, 0.1) is 11.0 Å². The monoisotopic (exact) mass is 758 g/mol. The molecule has 0 aliphatic carbocycles. The first-order valence-corrected chi connectivity index (χ1v) is 19.4. The topological polar surface area (TPSA) is 95.7 Å². The van der Waals surface area contributed by atoms with E-state index in [9.17, 15) is 0 Å². The zero-order valence-corrected chi connectivity index (χ0v) is 31.3. The Labute approximate surface area is 336 Å². The Hall–Kier alpha value is -8.23. The molecule has 8 nitrogen and oxygen atoms in total. The molecular formula is C51H30N6O2. The number of benzene rings is 8. The number of rotatable bonds is 6. The molecule has 0 atom stereocenters.